The van der Waals surface area contributed by atoms with Crippen LogP contribution in [0.1, 0.15) is 31.0 Å². The average Bonchev–Trinajstić information content (AvgIpc) is 3.16. The third-order valence-electron chi connectivity index (χ3n) is 4.11. The number of hydrogen-bond acceptors (Lipinski definition) is 4. The molecular formula is C20H22N4O2. The minimum Gasteiger partial charge on any atom is -0.481 e. The Hall–Kier alpha value is -3.15. The van der Waals surface area contributed by atoms with Gasteiger partial charge in [0.05, 0.1) is 11.7 Å². The predicted octanol–water partition coefficient (Wildman–Crippen LogP) is 3.22. The monoisotopic (exact) mass is 350 g/mol. The molecule has 0 radical (unpaired) electrons. The lowest BCUT2D eigenvalue weighted by molar-refractivity contribution is -0.127. The Morgan fingerprint density at radius 3 is 2.58 bits per heavy atom. The highest BCUT2D eigenvalue weighted by molar-refractivity contribution is 5.81. The summed E-state index contributed by atoms with van der Waals surface area (Å²) in [6.45, 7) is 5.68. The van der Waals surface area contributed by atoms with Crippen molar-refractivity contribution in [1.29, 1.82) is 0 Å². The smallest absolute Gasteiger partial charge is 0.261 e. The Labute approximate surface area is 152 Å². The summed E-state index contributed by atoms with van der Waals surface area (Å²) in [7, 11) is 0. The second kappa shape index (κ2) is 7.82. The summed E-state index contributed by atoms with van der Waals surface area (Å²) in [5.74, 6) is 0.539. The van der Waals surface area contributed by atoms with Crippen LogP contribution >= 0.6 is 0 Å². The number of nitrogens with one attached hydrogen (secondary N) is 1. The van der Waals surface area contributed by atoms with E-state index in [2.05, 4.69) is 15.4 Å². The first-order chi connectivity index (χ1) is 12.5. The predicted molar refractivity (Wildman–Crippen MR) is 99.2 cm³/mol. The number of ether oxygens (including phenoxy) is 1. The highest BCUT2D eigenvalue weighted by atomic mass is 16.5. The van der Waals surface area contributed by atoms with Gasteiger partial charge >= 0.3 is 0 Å². The van der Waals surface area contributed by atoms with Crippen molar-refractivity contribution in [2.75, 3.05) is 0 Å². The standard InChI is InChI=1S/C20H22N4O2/c1-14-5-4-6-19(11-14)26-16(3)20(25)23-15(2)17-7-9-18(10-8-17)24-13-21-12-22-24/h4-13,15-16H,1-3H3,(H,23,25). The first-order valence-electron chi connectivity index (χ1n) is 8.51. The van der Waals surface area contributed by atoms with Crippen molar-refractivity contribution < 1.29 is 9.53 Å². The fourth-order valence-electron chi connectivity index (χ4n) is 2.62. The van der Waals surface area contributed by atoms with Gasteiger partial charge in [0.15, 0.2) is 6.10 Å². The van der Waals surface area contributed by atoms with E-state index in [1.54, 1.807) is 17.9 Å². The number of nitrogens with zero attached hydrogens (tertiary/aromatic N) is 3. The summed E-state index contributed by atoms with van der Waals surface area (Å²) < 4.78 is 7.42. The first kappa shape index (κ1) is 17.7. The number of hydrogen-bond donors (Lipinski definition) is 1. The molecule has 2 atom stereocenters. The molecule has 3 aromatic rings. The van der Waals surface area contributed by atoms with Crippen molar-refractivity contribution >= 4 is 5.91 Å². The van der Waals surface area contributed by atoms with E-state index in [9.17, 15) is 4.79 Å². The molecule has 134 valence electrons. The summed E-state index contributed by atoms with van der Waals surface area (Å²) >= 11 is 0. The van der Waals surface area contributed by atoms with Crippen LogP contribution in [0.5, 0.6) is 5.75 Å². The number of rotatable bonds is 6. The number of carbonyl (C=O) groups is 1. The quantitative estimate of drug-likeness (QED) is 0.741. The molecule has 3 rings (SSSR count). The molecule has 1 amide bonds. The van der Waals surface area contributed by atoms with E-state index in [4.69, 9.17) is 4.74 Å². The van der Waals surface area contributed by atoms with E-state index < -0.39 is 6.10 Å². The number of aryl methyl sites for hydroxylation is 1. The van der Waals surface area contributed by atoms with Crippen molar-refractivity contribution in [3.05, 3.63) is 72.3 Å². The van der Waals surface area contributed by atoms with Gasteiger partial charge in [0.1, 0.15) is 18.4 Å². The summed E-state index contributed by atoms with van der Waals surface area (Å²) in [4.78, 5) is 16.3. The Bertz CT molecular complexity index is 860. The Morgan fingerprint density at radius 2 is 1.92 bits per heavy atom. The molecule has 0 spiro atoms. The maximum absolute atomic E-state index is 12.4. The normalized spacial score (nSPS) is 13.0. The molecule has 0 fully saturated rings. The minimum absolute atomic E-state index is 0.129. The van der Waals surface area contributed by atoms with E-state index >= 15 is 0 Å². The van der Waals surface area contributed by atoms with E-state index in [0.717, 1.165) is 16.8 Å². The van der Waals surface area contributed by atoms with Gasteiger partial charge in [0.2, 0.25) is 0 Å². The SMILES string of the molecule is Cc1cccc(OC(C)C(=O)NC(C)c2ccc(-n3cncn3)cc2)c1. The highest BCUT2D eigenvalue weighted by Gasteiger charge is 2.18. The van der Waals surface area contributed by atoms with E-state index in [1.165, 1.54) is 6.33 Å². The zero-order valence-electron chi connectivity index (χ0n) is 15.1. The maximum Gasteiger partial charge on any atom is 0.261 e. The number of carbonyl (C=O) groups excluding carboxylic acids is 1. The molecule has 1 heterocycles. The third-order valence-corrected chi connectivity index (χ3v) is 4.11. The van der Waals surface area contributed by atoms with Gasteiger partial charge in [-0.3, -0.25) is 4.79 Å². The van der Waals surface area contributed by atoms with Gasteiger partial charge in [-0.1, -0.05) is 24.3 Å². The number of amides is 1. The molecule has 0 bridgehead atoms. The molecule has 0 aliphatic heterocycles. The van der Waals surface area contributed by atoms with Crippen LogP contribution in [0.25, 0.3) is 5.69 Å². The maximum atomic E-state index is 12.4. The van der Waals surface area contributed by atoms with Crippen LogP contribution in [0.15, 0.2) is 61.2 Å². The minimum atomic E-state index is -0.575. The van der Waals surface area contributed by atoms with Crippen LogP contribution < -0.4 is 10.1 Å². The lowest BCUT2D eigenvalue weighted by atomic mass is 10.1. The van der Waals surface area contributed by atoms with Crippen LogP contribution in [0.3, 0.4) is 0 Å². The van der Waals surface area contributed by atoms with Crippen molar-refractivity contribution in [3.8, 4) is 11.4 Å². The topological polar surface area (TPSA) is 69.0 Å². The molecule has 2 unspecified atom stereocenters. The van der Waals surface area contributed by atoms with Gasteiger partial charge in [-0.2, -0.15) is 5.10 Å². The van der Waals surface area contributed by atoms with Crippen LogP contribution in [0.2, 0.25) is 0 Å². The van der Waals surface area contributed by atoms with Gasteiger partial charge in [0, 0.05) is 0 Å². The fourth-order valence-corrected chi connectivity index (χ4v) is 2.62. The molecule has 0 saturated carbocycles. The van der Waals surface area contributed by atoms with Gasteiger partial charge in [-0.15, -0.1) is 0 Å². The summed E-state index contributed by atoms with van der Waals surface area (Å²) in [6, 6.07) is 15.4. The van der Waals surface area contributed by atoms with Crippen LogP contribution in [0, 0.1) is 6.92 Å². The van der Waals surface area contributed by atoms with Crippen molar-refractivity contribution in [2.45, 2.75) is 32.9 Å². The largest absolute Gasteiger partial charge is 0.481 e. The van der Waals surface area contributed by atoms with Gasteiger partial charge in [-0.05, 0) is 56.2 Å². The van der Waals surface area contributed by atoms with Crippen molar-refractivity contribution in [2.24, 2.45) is 0 Å². The van der Waals surface area contributed by atoms with Crippen molar-refractivity contribution in [3.63, 3.8) is 0 Å². The molecule has 0 aliphatic carbocycles. The van der Waals surface area contributed by atoms with Crippen LogP contribution in [-0.2, 0) is 4.79 Å². The summed E-state index contributed by atoms with van der Waals surface area (Å²) in [5, 5.41) is 7.08. The number of aromatic nitrogens is 3. The molecule has 1 aromatic heterocycles. The third kappa shape index (κ3) is 4.27. The van der Waals surface area contributed by atoms with Gasteiger partial charge < -0.3 is 10.1 Å². The second-order valence-corrected chi connectivity index (χ2v) is 6.24. The molecule has 6 heteroatoms. The molecule has 26 heavy (non-hydrogen) atoms. The lowest BCUT2D eigenvalue weighted by Gasteiger charge is -2.19. The number of benzene rings is 2. The second-order valence-electron chi connectivity index (χ2n) is 6.24. The Kier molecular flexibility index (Phi) is 5.31. The van der Waals surface area contributed by atoms with E-state index in [0.29, 0.717) is 5.75 Å². The lowest BCUT2D eigenvalue weighted by Crippen LogP contribution is -2.37. The Morgan fingerprint density at radius 1 is 1.15 bits per heavy atom. The summed E-state index contributed by atoms with van der Waals surface area (Å²) in [6.07, 6.45) is 2.56. The molecular weight excluding hydrogens is 328 g/mol. The van der Waals surface area contributed by atoms with E-state index in [-0.39, 0.29) is 11.9 Å². The summed E-state index contributed by atoms with van der Waals surface area (Å²) in [5.41, 5.74) is 3.02. The molecule has 6 nitrogen and oxygen atoms in total. The first-order valence-corrected chi connectivity index (χ1v) is 8.51. The molecule has 0 aliphatic rings. The van der Waals surface area contributed by atoms with E-state index in [1.807, 2.05) is 62.4 Å². The fraction of sp³-hybridized carbons (Fsp3) is 0.250. The molecule has 2 aromatic carbocycles. The zero-order valence-corrected chi connectivity index (χ0v) is 15.1. The molecule has 0 saturated heterocycles. The average molecular weight is 350 g/mol. The van der Waals surface area contributed by atoms with Gasteiger partial charge in [0.25, 0.3) is 5.91 Å². The van der Waals surface area contributed by atoms with Crippen LogP contribution in [-0.4, -0.2) is 26.8 Å². The highest BCUT2D eigenvalue weighted by Crippen LogP contribution is 2.17. The zero-order chi connectivity index (χ0) is 18.5. The van der Waals surface area contributed by atoms with Gasteiger partial charge in [-0.25, -0.2) is 9.67 Å². The Balaban J connectivity index is 1.59. The molecule has 1 N–H and O–H groups in total. The van der Waals surface area contributed by atoms with Crippen LogP contribution in [0.4, 0.5) is 0 Å². The van der Waals surface area contributed by atoms with Crippen molar-refractivity contribution in [1.82, 2.24) is 20.1 Å².